The average molecular weight is 380 g/mol. The number of carbonyl (C=O) groups excluding carboxylic acids is 2. The van der Waals surface area contributed by atoms with Gasteiger partial charge in [0.05, 0.1) is 31.3 Å². The molecule has 0 bridgehead atoms. The van der Waals surface area contributed by atoms with Crippen molar-refractivity contribution in [3.63, 3.8) is 0 Å². The van der Waals surface area contributed by atoms with Crippen molar-refractivity contribution >= 4 is 23.6 Å². The van der Waals surface area contributed by atoms with E-state index in [2.05, 4.69) is 24.2 Å². The van der Waals surface area contributed by atoms with Crippen LogP contribution in [0.4, 0.5) is 0 Å². The molecule has 4 aliphatic heterocycles. The fraction of sp³-hybridized carbons (Fsp3) is 0.765. The van der Waals surface area contributed by atoms with Crippen molar-refractivity contribution in [3.8, 4) is 0 Å². The van der Waals surface area contributed by atoms with E-state index in [4.69, 9.17) is 9.47 Å². The molecule has 0 spiro atoms. The number of hydrogen-bond donors (Lipinski definition) is 0. The Kier molecular flexibility index (Phi) is 4.79. The molecule has 0 saturated carbocycles. The van der Waals surface area contributed by atoms with Crippen LogP contribution < -0.4 is 0 Å². The first-order chi connectivity index (χ1) is 12.5. The maximum Gasteiger partial charge on any atom is 0.254 e. The van der Waals surface area contributed by atoms with Gasteiger partial charge in [-0.05, 0) is 25.3 Å². The molecule has 4 rings (SSSR count). The zero-order valence-electron chi connectivity index (χ0n) is 15.1. The zero-order chi connectivity index (χ0) is 18.3. The van der Waals surface area contributed by atoms with Crippen LogP contribution >= 0.6 is 11.8 Å². The highest BCUT2D eigenvalue weighted by atomic mass is 32.2. The molecule has 0 aromatic carbocycles. The number of ether oxygens (including phenoxy) is 2. The van der Waals surface area contributed by atoms with E-state index in [-0.39, 0.29) is 35.3 Å². The van der Waals surface area contributed by atoms with Gasteiger partial charge in [0.15, 0.2) is 0 Å². The fourth-order valence-corrected chi connectivity index (χ4v) is 5.00. The van der Waals surface area contributed by atoms with Crippen molar-refractivity contribution in [2.24, 2.45) is 16.3 Å². The standard InChI is InChI=1S/C17H24N4O4S/c1-3-17(2)8-11-12(10-25-17)26-15-14(11)16(23)21(19-18-15)9-13(22)20-4-6-24-7-5-20/h14-15H,3-10H2,1-2H3/t14-,15-,17-/m1/s1. The fourth-order valence-electron chi connectivity index (χ4n) is 3.72. The molecule has 4 aliphatic rings. The molecule has 1 fully saturated rings. The second-order valence-corrected chi connectivity index (χ2v) is 8.51. The smallest absolute Gasteiger partial charge is 0.254 e. The monoisotopic (exact) mass is 380 g/mol. The Morgan fingerprint density at radius 1 is 1.38 bits per heavy atom. The molecule has 1 saturated heterocycles. The molecule has 26 heavy (non-hydrogen) atoms. The molecule has 9 heteroatoms. The van der Waals surface area contributed by atoms with Crippen LogP contribution in [0.1, 0.15) is 26.7 Å². The molecule has 3 atom stereocenters. The minimum absolute atomic E-state index is 0.0552. The molecule has 8 nitrogen and oxygen atoms in total. The molecule has 4 heterocycles. The third-order valence-electron chi connectivity index (χ3n) is 5.59. The molecule has 2 amide bonds. The first-order valence-electron chi connectivity index (χ1n) is 9.11. The number of nitrogens with zero attached hydrogens (tertiary/aromatic N) is 4. The maximum atomic E-state index is 13.1. The van der Waals surface area contributed by atoms with E-state index in [1.54, 1.807) is 16.7 Å². The van der Waals surface area contributed by atoms with E-state index in [0.29, 0.717) is 32.9 Å². The van der Waals surface area contributed by atoms with Gasteiger partial charge >= 0.3 is 0 Å². The molecule has 0 aromatic heterocycles. The number of carbonyl (C=O) groups is 2. The van der Waals surface area contributed by atoms with Crippen LogP contribution in [-0.4, -0.2) is 72.2 Å². The summed E-state index contributed by atoms with van der Waals surface area (Å²) in [5, 5.41) is 9.39. The highest BCUT2D eigenvalue weighted by Gasteiger charge is 2.49. The molecule has 0 N–H and O–H groups in total. The summed E-state index contributed by atoms with van der Waals surface area (Å²) in [5.74, 6) is -0.548. The van der Waals surface area contributed by atoms with Crippen LogP contribution in [0.25, 0.3) is 0 Å². The van der Waals surface area contributed by atoms with Crippen molar-refractivity contribution in [1.82, 2.24) is 9.91 Å². The van der Waals surface area contributed by atoms with Gasteiger partial charge in [0.2, 0.25) is 5.91 Å². The lowest BCUT2D eigenvalue weighted by atomic mass is 9.84. The van der Waals surface area contributed by atoms with Crippen molar-refractivity contribution in [2.75, 3.05) is 39.5 Å². The molecular formula is C17H24N4O4S. The Morgan fingerprint density at radius 3 is 2.88 bits per heavy atom. The molecule has 0 aliphatic carbocycles. The van der Waals surface area contributed by atoms with E-state index in [9.17, 15) is 9.59 Å². The minimum Gasteiger partial charge on any atom is -0.378 e. The number of amides is 2. The Balaban J connectivity index is 1.48. The third kappa shape index (κ3) is 3.16. The van der Waals surface area contributed by atoms with Gasteiger partial charge < -0.3 is 14.4 Å². The van der Waals surface area contributed by atoms with Crippen molar-refractivity contribution in [2.45, 2.75) is 37.7 Å². The highest BCUT2D eigenvalue weighted by molar-refractivity contribution is 8.04. The summed E-state index contributed by atoms with van der Waals surface area (Å²) < 4.78 is 11.3. The summed E-state index contributed by atoms with van der Waals surface area (Å²) in [6.07, 6.45) is 1.63. The molecule has 0 aromatic rings. The average Bonchev–Trinajstić information content (AvgIpc) is 3.03. The van der Waals surface area contributed by atoms with Gasteiger partial charge in [-0.3, -0.25) is 9.59 Å². The topological polar surface area (TPSA) is 83.8 Å². The van der Waals surface area contributed by atoms with Gasteiger partial charge in [0.1, 0.15) is 11.9 Å². The second-order valence-electron chi connectivity index (χ2n) is 7.30. The summed E-state index contributed by atoms with van der Waals surface area (Å²) >= 11 is 1.58. The van der Waals surface area contributed by atoms with Gasteiger partial charge in [-0.1, -0.05) is 23.9 Å². The van der Waals surface area contributed by atoms with E-state index in [1.165, 1.54) is 5.01 Å². The lowest BCUT2D eigenvalue weighted by molar-refractivity contribution is -0.146. The van der Waals surface area contributed by atoms with Crippen molar-refractivity contribution in [1.29, 1.82) is 0 Å². The quantitative estimate of drug-likeness (QED) is 0.742. The van der Waals surface area contributed by atoms with Crippen LogP contribution in [-0.2, 0) is 19.1 Å². The number of hydrogen-bond acceptors (Lipinski definition) is 7. The Hall–Kier alpha value is -1.45. The van der Waals surface area contributed by atoms with Gasteiger partial charge in [0.25, 0.3) is 5.91 Å². The van der Waals surface area contributed by atoms with Crippen LogP contribution in [0, 0.1) is 5.92 Å². The van der Waals surface area contributed by atoms with Gasteiger partial charge in [0, 0.05) is 18.0 Å². The van der Waals surface area contributed by atoms with Gasteiger partial charge in [-0.15, -0.1) is 0 Å². The van der Waals surface area contributed by atoms with E-state index >= 15 is 0 Å². The van der Waals surface area contributed by atoms with Crippen molar-refractivity contribution < 1.29 is 19.1 Å². The van der Waals surface area contributed by atoms with E-state index in [1.807, 2.05) is 0 Å². The number of morpholine rings is 1. The Morgan fingerprint density at radius 2 is 2.15 bits per heavy atom. The van der Waals surface area contributed by atoms with E-state index in [0.717, 1.165) is 23.3 Å². The SMILES string of the molecule is CC[C@]1(C)CC2=C(CO1)S[C@H]1N=NN(CC(=O)N3CCOCC3)C(=O)[C@H]21. The molecule has 142 valence electrons. The predicted octanol–water partition coefficient (Wildman–Crippen LogP) is 1.59. The molecule has 0 unspecified atom stereocenters. The lowest BCUT2D eigenvalue weighted by Gasteiger charge is -2.36. The molecular weight excluding hydrogens is 356 g/mol. The van der Waals surface area contributed by atoms with Gasteiger partial charge in [-0.25, -0.2) is 5.01 Å². The molecule has 0 radical (unpaired) electrons. The van der Waals surface area contributed by atoms with Crippen LogP contribution in [0.15, 0.2) is 20.8 Å². The van der Waals surface area contributed by atoms with Crippen LogP contribution in [0.3, 0.4) is 0 Å². The summed E-state index contributed by atoms with van der Waals surface area (Å²) in [5.41, 5.74) is 0.889. The van der Waals surface area contributed by atoms with Gasteiger partial charge in [-0.2, -0.15) is 5.11 Å². The van der Waals surface area contributed by atoms with Crippen molar-refractivity contribution in [3.05, 3.63) is 10.5 Å². The summed E-state index contributed by atoms with van der Waals surface area (Å²) in [4.78, 5) is 28.4. The second kappa shape index (κ2) is 6.94. The van der Waals surface area contributed by atoms with Crippen LogP contribution in [0.5, 0.6) is 0 Å². The largest absolute Gasteiger partial charge is 0.378 e. The number of thioether (sulfide) groups is 1. The summed E-state index contributed by atoms with van der Waals surface area (Å²) in [6.45, 7) is 6.85. The normalized spacial score (nSPS) is 34.2. The highest BCUT2D eigenvalue weighted by Crippen LogP contribution is 2.51. The predicted molar refractivity (Wildman–Crippen MR) is 95.1 cm³/mol. The summed E-state index contributed by atoms with van der Waals surface area (Å²) in [7, 11) is 0. The number of rotatable bonds is 3. The van der Waals surface area contributed by atoms with Crippen LogP contribution in [0.2, 0.25) is 0 Å². The van der Waals surface area contributed by atoms with E-state index < -0.39 is 0 Å². The lowest BCUT2D eigenvalue weighted by Crippen LogP contribution is -2.48. The Labute approximate surface area is 156 Å². The first-order valence-corrected chi connectivity index (χ1v) is 9.99. The first kappa shape index (κ1) is 17.9. The summed E-state index contributed by atoms with van der Waals surface area (Å²) in [6, 6.07) is 0. The third-order valence-corrected chi connectivity index (χ3v) is 6.86. The maximum absolute atomic E-state index is 13.1. The minimum atomic E-state index is -0.320. The number of fused-ring (bicyclic) bond motifs is 2. The Bertz CT molecular complexity index is 676. The zero-order valence-corrected chi connectivity index (χ0v) is 16.0.